The van der Waals surface area contributed by atoms with Gasteiger partial charge in [-0.1, -0.05) is 41.6 Å². The van der Waals surface area contributed by atoms with E-state index in [0.29, 0.717) is 0 Å². The van der Waals surface area contributed by atoms with Crippen molar-refractivity contribution in [1.29, 1.82) is 0 Å². The Balaban J connectivity index is 2.32. The second-order valence-corrected chi connectivity index (χ2v) is 3.90. The summed E-state index contributed by atoms with van der Waals surface area (Å²) in [7, 11) is 0. The molecular weight excluding hydrogens is 226 g/mol. The molecule has 4 heteroatoms. The Kier molecular flexibility index (Phi) is 2.53. The number of aromatic nitrogens is 2. The quantitative estimate of drug-likeness (QED) is 0.423. The molecule has 0 aliphatic heterocycles. The van der Waals surface area contributed by atoms with Crippen molar-refractivity contribution < 1.29 is 5.21 Å². The summed E-state index contributed by atoms with van der Waals surface area (Å²) in [4.78, 5) is 0. The van der Waals surface area contributed by atoms with Crippen LogP contribution in [0.5, 0.6) is 0 Å². The summed E-state index contributed by atoms with van der Waals surface area (Å²) >= 11 is 0. The molecule has 1 N–H and O–H groups in total. The molecule has 88 valence electrons. The first-order valence-corrected chi connectivity index (χ1v) is 5.60. The smallest absolute Gasteiger partial charge is 0.102 e. The Labute approximate surface area is 104 Å². The number of oxime groups is 1. The number of nitrogens with zero attached hydrogens (tertiary/aromatic N) is 3. The van der Waals surface area contributed by atoms with Gasteiger partial charge in [0.05, 0.1) is 11.7 Å². The summed E-state index contributed by atoms with van der Waals surface area (Å²) in [5.74, 6) is 0. The highest BCUT2D eigenvalue weighted by atomic mass is 16.4. The summed E-state index contributed by atoms with van der Waals surface area (Å²) < 4.78 is 1.78. The number of fused-ring (bicyclic) bond motifs is 1. The Hall–Kier alpha value is -2.62. The van der Waals surface area contributed by atoms with Crippen LogP contribution in [0, 0.1) is 0 Å². The van der Waals surface area contributed by atoms with Crippen LogP contribution >= 0.6 is 0 Å². The second kappa shape index (κ2) is 4.33. The fourth-order valence-electron chi connectivity index (χ4n) is 2.01. The molecule has 0 saturated carbocycles. The van der Waals surface area contributed by atoms with Gasteiger partial charge in [0.1, 0.15) is 5.69 Å². The lowest BCUT2D eigenvalue weighted by molar-refractivity contribution is 0.322. The van der Waals surface area contributed by atoms with Gasteiger partial charge in [0.25, 0.3) is 0 Å². The lowest BCUT2D eigenvalue weighted by atomic mass is 10.1. The minimum Gasteiger partial charge on any atom is -0.411 e. The largest absolute Gasteiger partial charge is 0.411 e. The standard InChI is InChI=1S/C14H11N3O/c18-15-10-12-13-8-4-5-9-17(13)16-14(12)11-6-2-1-3-7-11/h1-10,18H. The topological polar surface area (TPSA) is 49.9 Å². The SMILES string of the molecule is ON=Cc1c(-c2ccccc2)nn2ccccc12. The Morgan fingerprint density at radius 3 is 2.61 bits per heavy atom. The van der Waals surface area contributed by atoms with E-state index in [1.165, 1.54) is 6.21 Å². The summed E-state index contributed by atoms with van der Waals surface area (Å²) in [5, 5.41) is 16.5. The van der Waals surface area contributed by atoms with Gasteiger partial charge >= 0.3 is 0 Å². The monoisotopic (exact) mass is 237 g/mol. The third-order valence-corrected chi connectivity index (χ3v) is 2.81. The molecule has 3 aromatic rings. The molecule has 0 saturated heterocycles. The highest BCUT2D eigenvalue weighted by Crippen LogP contribution is 2.24. The normalized spacial score (nSPS) is 11.3. The molecule has 0 amide bonds. The van der Waals surface area contributed by atoms with E-state index in [9.17, 15) is 0 Å². The van der Waals surface area contributed by atoms with Crippen LogP contribution < -0.4 is 0 Å². The number of hydrogen-bond donors (Lipinski definition) is 1. The Bertz CT molecular complexity index is 701. The molecule has 0 spiro atoms. The van der Waals surface area contributed by atoms with Crippen molar-refractivity contribution in [3.8, 4) is 11.3 Å². The van der Waals surface area contributed by atoms with E-state index in [1.807, 2.05) is 54.7 Å². The van der Waals surface area contributed by atoms with E-state index in [-0.39, 0.29) is 0 Å². The third-order valence-electron chi connectivity index (χ3n) is 2.81. The lowest BCUT2D eigenvalue weighted by Gasteiger charge is -1.96. The molecule has 3 rings (SSSR count). The summed E-state index contributed by atoms with van der Waals surface area (Å²) in [6.45, 7) is 0. The van der Waals surface area contributed by atoms with Crippen LogP contribution in [-0.2, 0) is 0 Å². The zero-order valence-corrected chi connectivity index (χ0v) is 9.56. The predicted octanol–water partition coefficient (Wildman–Crippen LogP) is 2.81. The summed E-state index contributed by atoms with van der Waals surface area (Å²) in [6.07, 6.45) is 3.29. The molecular formula is C14H11N3O. The molecule has 2 aromatic heterocycles. The molecule has 1 aromatic carbocycles. The second-order valence-electron chi connectivity index (χ2n) is 3.90. The van der Waals surface area contributed by atoms with Crippen molar-refractivity contribution in [2.75, 3.05) is 0 Å². The molecule has 0 atom stereocenters. The van der Waals surface area contributed by atoms with Crippen molar-refractivity contribution in [3.05, 3.63) is 60.3 Å². The molecule has 0 radical (unpaired) electrons. The van der Waals surface area contributed by atoms with Gasteiger partial charge in [-0.2, -0.15) is 5.10 Å². The average molecular weight is 237 g/mol. The molecule has 4 nitrogen and oxygen atoms in total. The fraction of sp³-hybridized carbons (Fsp3) is 0. The van der Waals surface area contributed by atoms with Crippen molar-refractivity contribution in [2.24, 2.45) is 5.16 Å². The van der Waals surface area contributed by atoms with Crippen molar-refractivity contribution >= 4 is 11.7 Å². The fourth-order valence-corrected chi connectivity index (χ4v) is 2.01. The highest BCUT2D eigenvalue weighted by Gasteiger charge is 2.12. The number of hydrogen-bond acceptors (Lipinski definition) is 3. The zero-order chi connectivity index (χ0) is 12.4. The van der Waals surface area contributed by atoms with Crippen LogP contribution in [0.1, 0.15) is 5.56 Å². The third kappa shape index (κ3) is 1.64. The van der Waals surface area contributed by atoms with Crippen LogP contribution in [0.2, 0.25) is 0 Å². The minimum atomic E-state index is 0.805. The Morgan fingerprint density at radius 1 is 1.06 bits per heavy atom. The summed E-state index contributed by atoms with van der Waals surface area (Å²) in [6, 6.07) is 15.6. The summed E-state index contributed by atoms with van der Waals surface area (Å²) in [5.41, 5.74) is 3.52. The molecule has 18 heavy (non-hydrogen) atoms. The number of pyridine rings is 1. The minimum absolute atomic E-state index is 0.805. The van der Waals surface area contributed by atoms with Crippen LogP contribution in [-0.4, -0.2) is 21.0 Å². The van der Waals surface area contributed by atoms with Crippen LogP contribution in [0.4, 0.5) is 0 Å². The van der Waals surface area contributed by atoms with Gasteiger partial charge in [-0.05, 0) is 12.1 Å². The predicted molar refractivity (Wildman–Crippen MR) is 70.0 cm³/mol. The highest BCUT2D eigenvalue weighted by molar-refractivity contribution is 5.96. The number of rotatable bonds is 2. The van der Waals surface area contributed by atoms with E-state index < -0.39 is 0 Å². The average Bonchev–Trinajstić information content (AvgIpc) is 2.80. The molecule has 0 aliphatic rings. The van der Waals surface area contributed by atoms with Gasteiger partial charge in [0.15, 0.2) is 0 Å². The first-order valence-electron chi connectivity index (χ1n) is 5.60. The first-order chi connectivity index (χ1) is 8.90. The molecule has 0 bridgehead atoms. The van der Waals surface area contributed by atoms with Gasteiger partial charge in [-0.3, -0.25) is 0 Å². The van der Waals surface area contributed by atoms with E-state index >= 15 is 0 Å². The molecule has 0 fully saturated rings. The van der Waals surface area contributed by atoms with Gasteiger partial charge in [0.2, 0.25) is 0 Å². The molecule has 0 unspecified atom stereocenters. The van der Waals surface area contributed by atoms with E-state index in [1.54, 1.807) is 4.52 Å². The van der Waals surface area contributed by atoms with Crippen molar-refractivity contribution in [2.45, 2.75) is 0 Å². The van der Waals surface area contributed by atoms with Crippen LogP contribution in [0.15, 0.2) is 59.9 Å². The van der Waals surface area contributed by atoms with E-state index in [2.05, 4.69) is 10.3 Å². The van der Waals surface area contributed by atoms with Crippen molar-refractivity contribution in [3.63, 3.8) is 0 Å². The van der Waals surface area contributed by atoms with Gasteiger partial charge in [-0.25, -0.2) is 4.52 Å². The Morgan fingerprint density at radius 2 is 1.83 bits per heavy atom. The van der Waals surface area contributed by atoms with E-state index in [0.717, 1.165) is 22.3 Å². The van der Waals surface area contributed by atoms with Crippen LogP contribution in [0.3, 0.4) is 0 Å². The first kappa shape index (κ1) is 10.5. The number of benzene rings is 1. The maximum absolute atomic E-state index is 8.80. The van der Waals surface area contributed by atoms with Gasteiger partial charge in [0, 0.05) is 17.3 Å². The van der Waals surface area contributed by atoms with E-state index in [4.69, 9.17) is 5.21 Å². The van der Waals surface area contributed by atoms with Crippen LogP contribution in [0.25, 0.3) is 16.8 Å². The van der Waals surface area contributed by atoms with Gasteiger partial charge in [-0.15, -0.1) is 0 Å². The molecule has 2 heterocycles. The van der Waals surface area contributed by atoms with Crippen molar-refractivity contribution in [1.82, 2.24) is 9.61 Å². The lowest BCUT2D eigenvalue weighted by Crippen LogP contribution is -1.85. The maximum atomic E-state index is 8.80. The van der Waals surface area contributed by atoms with Gasteiger partial charge < -0.3 is 5.21 Å². The zero-order valence-electron chi connectivity index (χ0n) is 9.56. The molecule has 0 aliphatic carbocycles. The maximum Gasteiger partial charge on any atom is 0.102 e.